The third-order valence-electron chi connectivity index (χ3n) is 0.0797. The lowest BCUT2D eigenvalue weighted by Gasteiger charge is -1.84. The summed E-state index contributed by atoms with van der Waals surface area (Å²) in [7, 11) is 0. The van der Waals surface area contributed by atoms with Crippen molar-refractivity contribution in [2.75, 3.05) is 0 Å². The smallest absolute Gasteiger partial charge is 0.227 e. The zero-order chi connectivity index (χ0) is 4.28. The van der Waals surface area contributed by atoms with Crippen molar-refractivity contribution in [1.82, 2.24) is 1.33 Å². The van der Waals surface area contributed by atoms with Crippen LogP contribution < -0.4 is 0 Å². The Labute approximate surface area is 57.9 Å². The van der Waals surface area contributed by atoms with E-state index in [1.807, 2.05) is 45.7 Å². The van der Waals surface area contributed by atoms with Crippen LogP contribution in [0.2, 0.25) is 0 Å². The molecule has 0 heterocycles. The first-order chi connectivity index (χ1) is 2.27. The van der Waals surface area contributed by atoms with Crippen molar-refractivity contribution in [3.05, 3.63) is 0 Å². The van der Waals surface area contributed by atoms with E-state index < -0.39 is 0 Å². The first-order valence-corrected chi connectivity index (χ1v) is 2.76. The Kier molecular flexibility index (Phi) is 3.72. The molecule has 0 radical (unpaired) electrons. The predicted molar refractivity (Wildman–Crippen MR) is 35.9 cm³/mol. The highest BCUT2D eigenvalue weighted by Crippen LogP contribution is 1.99. The quantitative estimate of drug-likeness (QED) is 0.404. The third-order valence-corrected chi connectivity index (χ3v) is 0.535. The van der Waals surface area contributed by atoms with Crippen LogP contribution in [0.1, 0.15) is 0 Å². The fraction of sp³-hybridized carbons (Fsp3) is 0. The normalized spacial score (nSPS) is 6.80. The van der Waals surface area contributed by atoms with Crippen LogP contribution in [0.15, 0.2) is 0 Å². The summed E-state index contributed by atoms with van der Waals surface area (Å²) in [6, 6.07) is 0. The zero-order valence-corrected chi connectivity index (χ0v) is 6.50. The Morgan fingerprint density at radius 1 is 1.60 bits per heavy atom. The van der Waals surface area contributed by atoms with Gasteiger partial charge in [0.2, 0.25) is 6.41 Å². The molecule has 2 nitrogen and oxygen atoms in total. The van der Waals surface area contributed by atoms with Gasteiger partial charge in [0.25, 0.3) is 0 Å². The van der Waals surface area contributed by atoms with E-state index >= 15 is 0 Å². The maximum absolute atomic E-state index is 9.42. The fourth-order valence-corrected chi connectivity index (χ4v) is 0. The van der Waals surface area contributed by atoms with Crippen molar-refractivity contribution in [3.63, 3.8) is 0 Å². The molecule has 4 heteroatoms. The molecular weight excluding hydrogens is 296 g/mol. The Balaban J connectivity index is 2.83. The topological polar surface area (TPSA) is 20.3 Å². The van der Waals surface area contributed by atoms with Crippen LogP contribution in [0.5, 0.6) is 0 Å². The molecule has 0 N–H and O–H groups in total. The van der Waals surface area contributed by atoms with E-state index in [9.17, 15) is 4.79 Å². The van der Waals surface area contributed by atoms with Gasteiger partial charge in [-0.3, -0.25) is 4.79 Å². The Morgan fingerprint density at radius 2 is 1.80 bits per heavy atom. The number of rotatable bonds is 1. The van der Waals surface area contributed by atoms with Crippen LogP contribution in [-0.4, -0.2) is 7.74 Å². The largest absolute Gasteiger partial charge is 0.277 e. The van der Waals surface area contributed by atoms with Gasteiger partial charge in [0, 0.05) is 0 Å². The van der Waals surface area contributed by atoms with Gasteiger partial charge < -0.3 is 0 Å². The molecule has 0 aromatic rings. The third kappa shape index (κ3) is 4.93. The molecule has 0 unspecified atom stereocenters. The first-order valence-electron chi connectivity index (χ1n) is 0.832. The summed E-state index contributed by atoms with van der Waals surface area (Å²) in [4.78, 5) is 9.42. The summed E-state index contributed by atoms with van der Waals surface area (Å²) in [5.41, 5.74) is 0. The summed E-state index contributed by atoms with van der Waals surface area (Å²) < 4.78 is 1.38. The zero-order valence-electron chi connectivity index (χ0n) is 2.19. The Hall–Kier alpha value is 0.930. The van der Waals surface area contributed by atoms with Gasteiger partial charge in [0.15, 0.2) is 0 Å². The molecule has 0 bridgehead atoms. The van der Waals surface area contributed by atoms with E-state index in [2.05, 4.69) is 0 Å². The molecule has 1 amide bonds. The molecule has 0 fully saturated rings. The van der Waals surface area contributed by atoms with Gasteiger partial charge in [0.1, 0.15) is 0 Å². The predicted octanol–water partition coefficient (Wildman–Crippen LogP) is 1.14. The van der Waals surface area contributed by atoms with Crippen LogP contribution in [0, 0.1) is 0 Å². The summed E-state index contributed by atoms with van der Waals surface area (Å²) in [6.45, 7) is 0. The van der Waals surface area contributed by atoms with E-state index in [0.717, 1.165) is 6.41 Å². The van der Waals surface area contributed by atoms with Gasteiger partial charge in [-0.05, 0) is 0 Å². The summed E-state index contributed by atoms with van der Waals surface area (Å²) in [5.74, 6) is 0. The van der Waals surface area contributed by atoms with Crippen LogP contribution in [-0.2, 0) is 4.79 Å². The minimum atomic E-state index is 0.723. The molecule has 30 valence electrons. The van der Waals surface area contributed by atoms with Gasteiger partial charge in [-0.2, -0.15) is 0 Å². The van der Waals surface area contributed by atoms with Gasteiger partial charge in [-0.15, -0.1) is 0 Å². The number of hydrogen-bond donors (Lipinski definition) is 0. The second kappa shape index (κ2) is 3.13. The highest BCUT2D eigenvalue weighted by Gasteiger charge is 1.75. The lowest BCUT2D eigenvalue weighted by atomic mass is 11.5. The maximum Gasteiger partial charge on any atom is 0.227 e. The molecule has 0 aromatic carbocycles. The Bertz CT molecular complexity index is 36.6. The number of carbonyl (C=O) groups is 1. The number of nitrogens with zero attached hydrogens (tertiary/aromatic N) is 1. The first kappa shape index (κ1) is 5.93. The van der Waals surface area contributed by atoms with Crippen molar-refractivity contribution in [2.24, 2.45) is 0 Å². The molecule has 0 aromatic heterocycles. The van der Waals surface area contributed by atoms with Crippen LogP contribution >= 0.6 is 45.7 Å². The van der Waals surface area contributed by atoms with Crippen molar-refractivity contribution in [2.45, 2.75) is 0 Å². The number of hydrogen-bond acceptors (Lipinski definition) is 1. The molecule has 0 saturated carbocycles. The average Bonchev–Trinajstić information content (AvgIpc) is 1.38. The standard InChI is InChI=1S/CHI2NO/c2-4(3)1-5/h1H. The fourth-order valence-electron chi connectivity index (χ4n) is 0. The Morgan fingerprint density at radius 3 is 1.80 bits per heavy atom. The van der Waals surface area contributed by atoms with E-state index in [1.54, 1.807) is 0 Å². The minimum absolute atomic E-state index is 0.723. The van der Waals surface area contributed by atoms with Crippen molar-refractivity contribution < 1.29 is 4.79 Å². The van der Waals surface area contributed by atoms with Crippen LogP contribution in [0.25, 0.3) is 0 Å². The van der Waals surface area contributed by atoms with Gasteiger partial charge >= 0.3 is 0 Å². The molecule has 0 rings (SSSR count). The second-order valence-corrected chi connectivity index (χ2v) is 4.29. The van der Waals surface area contributed by atoms with Gasteiger partial charge in [0.05, 0.1) is 45.7 Å². The van der Waals surface area contributed by atoms with Crippen LogP contribution in [0.3, 0.4) is 0 Å². The summed E-state index contributed by atoms with van der Waals surface area (Å²) in [6.07, 6.45) is 0.723. The molecule has 5 heavy (non-hydrogen) atoms. The molecule has 0 atom stereocenters. The second-order valence-electron chi connectivity index (χ2n) is 0.364. The van der Waals surface area contributed by atoms with E-state index in [0.29, 0.717) is 0 Å². The molecular formula is CHI2NO. The average molecular weight is 297 g/mol. The number of halogens is 2. The van der Waals surface area contributed by atoms with E-state index in [1.165, 1.54) is 1.33 Å². The number of carbonyl (C=O) groups excluding carboxylic acids is 1. The van der Waals surface area contributed by atoms with Crippen molar-refractivity contribution in [1.29, 1.82) is 0 Å². The van der Waals surface area contributed by atoms with E-state index in [-0.39, 0.29) is 0 Å². The SMILES string of the molecule is O=CN(I)I. The number of amides is 1. The molecule has 0 aliphatic rings. The highest BCUT2D eigenvalue weighted by molar-refractivity contribution is 14.2. The molecule has 0 aliphatic carbocycles. The van der Waals surface area contributed by atoms with Gasteiger partial charge in [-0.25, -0.2) is 1.33 Å². The summed E-state index contributed by atoms with van der Waals surface area (Å²) >= 11 is 3.72. The highest BCUT2D eigenvalue weighted by atomic mass is 127. The van der Waals surface area contributed by atoms with Crippen LogP contribution in [0.4, 0.5) is 0 Å². The van der Waals surface area contributed by atoms with Crippen molar-refractivity contribution >= 4 is 52.1 Å². The molecule has 0 aliphatic heterocycles. The minimum Gasteiger partial charge on any atom is -0.277 e. The van der Waals surface area contributed by atoms with E-state index in [4.69, 9.17) is 0 Å². The molecule has 0 spiro atoms. The van der Waals surface area contributed by atoms with Gasteiger partial charge in [-0.1, -0.05) is 0 Å². The summed E-state index contributed by atoms with van der Waals surface area (Å²) in [5, 5.41) is 0. The lowest BCUT2D eigenvalue weighted by Crippen LogP contribution is -1.84. The maximum atomic E-state index is 9.42. The lowest BCUT2D eigenvalue weighted by molar-refractivity contribution is -0.109. The molecule has 0 saturated heterocycles. The van der Waals surface area contributed by atoms with Crippen molar-refractivity contribution in [3.8, 4) is 0 Å². The monoisotopic (exact) mass is 297 g/mol.